The topological polar surface area (TPSA) is 214 Å². The molecule has 14 nitrogen and oxygen atoms in total. The van der Waals surface area contributed by atoms with E-state index in [4.69, 9.17) is 28.4 Å². The maximum absolute atomic E-state index is 13.1. The smallest absolute Gasteiger partial charge is 0.306 e. The SMILES string of the molecule is CCCCCCCCCCCCCCCCCCCCCCCCC(=O)OC(COCCCCCCCCCCCCCCCC)COC1OC(COC2OC(CO)C(O)C(O)C2O)C(O)C(O)C1O. The van der Waals surface area contributed by atoms with Gasteiger partial charge in [-0.2, -0.15) is 0 Å². The zero-order valence-corrected chi connectivity index (χ0v) is 44.5. The summed E-state index contributed by atoms with van der Waals surface area (Å²) in [4.78, 5) is 13.1. The van der Waals surface area contributed by atoms with Crippen molar-refractivity contribution in [3.63, 3.8) is 0 Å². The largest absolute Gasteiger partial charge is 0.457 e. The second-order valence-corrected chi connectivity index (χ2v) is 20.8. The number of aliphatic hydroxyl groups excluding tert-OH is 7. The molecule has 0 spiro atoms. The van der Waals surface area contributed by atoms with Gasteiger partial charge in [-0.05, 0) is 12.8 Å². The molecule has 0 aromatic carbocycles. The van der Waals surface area contributed by atoms with Crippen molar-refractivity contribution in [2.75, 3.05) is 33.0 Å². The van der Waals surface area contributed by atoms with Crippen molar-refractivity contribution in [2.24, 2.45) is 0 Å². The van der Waals surface area contributed by atoms with Crippen LogP contribution >= 0.6 is 0 Å². The van der Waals surface area contributed by atoms with Gasteiger partial charge >= 0.3 is 5.97 Å². The van der Waals surface area contributed by atoms with Gasteiger partial charge in [0.25, 0.3) is 0 Å². The first-order chi connectivity index (χ1) is 34.1. The monoisotopic (exact) mass is 1000 g/mol. The third-order valence-corrected chi connectivity index (χ3v) is 14.4. The molecule has 0 aromatic heterocycles. The van der Waals surface area contributed by atoms with Gasteiger partial charge in [-0.3, -0.25) is 4.79 Å². The van der Waals surface area contributed by atoms with Crippen LogP contribution in [0.3, 0.4) is 0 Å². The van der Waals surface area contributed by atoms with Crippen LogP contribution in [0.15, 0.2) is 0 Å². The van der Waals surface area contributed by atoms with Crippen LogP contribution in [-0.2, 0) is 33.2 Å². The third-order valence-electron chi connectivity index (χ3n) is 14.4. The maximum atomic E-state index is 13.1. The van der Waals surface area contributed by atoms with E-state index < -0.39 is 80.7 Å². The molecule has 7 N–H and O–H groups in total. The summed E-state index contributed by atoms with van der Waals surface area (Å²) >= 11 is 0. The Balaban J connectivity index is 1.69. The van der Waals surface area contributed by atoms with Crippen LogP contribution in [0.25, 0.3) is 0 Å². The van der Waals surface area contributed by atoms with E-state index in [2.05, 4.69) is 13.8 Å². The van der Waals surface area contributed by atoms with E-state index in [1.807, 2.05) is 0 Å². The Labute approximate surface area is 425 Å². The van der Waals surface area contributed by atoms with E-state index in [0.29, 0.717) is 6.61 Å². The van der Waals surface area contributed by atoms with E-state index in [1.165, 1.54) is 186 Å². The molecule has 2 fully saturated rings. The zero-order chi connectivity index (χ0) is 50.9. The van der Waals surface area contributed by atoms with E-state index in [0.717, 1.165) is 44.9 Å². The van der Waals surface area contributed by atoms with Crippen molar-refractivity contribution in [1.82, 2.24) is 0 Å². The molecule has 2 aliphatic heterocycles. The Bertz CT molecular complexity index is 1170. The molecule has 2 heterocycles. The predicted octanol–water partition coefficient (Wildman–Crippen LogP) is 10.0. The number of hydrogen-bond acceptors (Lipinski definition) is 14. The third kappa shape index (κ3) is 31.0. The Morgan fingerprint density at radius 2 is 0.757 bits per heavy atom. The number of hydrogen-bond donors (Lipinski definition) is 7. The van der Waals surface area contributed by atoms with Crippen molar-refractivity contribution in [2.45, 2.75) is 319 Å². The lowest BCUT2D eigenvalue weighted by Crippen LogP contribution is -2.61. The van der Waals surface area contributed by atoms with Crippen LogP contribution in [0.1, 0.15) is 251 Å². The quantitative estimate of drug-likeness (QED) is 0.0223. The average Bonchev–Trinajstić information content (AvgIpc) is 3.36. The number of carbonyl (C=O) groups is 1. The summed E-state index contributed by atoms with van der Waals surface area (Å²) in [6.07, 6.45) is 30.2. The summed E-state index contributed by atoms with van der Waals surface area (Å²) in [7, 11) is 0. The Morgan fingerprint density at radius 1 is 0.414 bits per heavy atom. The van der Waals surface area contributed by atoms with E-state index in [1.54, 1.807) is 0 Å². The molecule has 0 amide bonds. The normalized spacial score (nSPS) is 25.4. The van der Waals surface area contributed by atoms with E-state index >= 15 is 0 Å². The molecule has 2 rings (SSSR count). The fraction of sp³-hybridized carbons (Fsp3) is 0.982. The van der Waals surface area contributed by atoms with Crippen molar-refractivity contribution in [3.05, 3.63) is 0 Å². The predicted molar refractivity (Wildman–Crippen MR) is 275 cm³/mol. The molecule has 0 aliphatic carbocycles. The molecule has 416 valence electrons. The van der Waals surface area contributed by atoms with Crippen LogP contribution in [0.2, 0.25) is 0 Å². The van der Waals surface area contributed by atoms with Gasteiger partial charge in [0.15, 0.2) is 12.6 Å². The molecule has 11 unspecified atom stereocenters. The van der Waals surface area contributed by atoms with Crippen molar-refractivity contribution >= 4 is 5.97 Å². The number of aliphatic hydroxyl groups is 7. The van der Waals surface area contributed by atoms with E-state index in [-0.39, 0.29) is 25.6 Å². The van der Waals surface area contributed by atoms with Gasteiger partial charge < -0.3 is 64.2 Å². The highest BCUT2D eigenvalue weighted by Crippen LogP contribution is 2.27. The van der Waals surface area contributed by atoms with Gasteiger partial charge in [0.2, 0.25) is 0 Å². The number of carbonyl (C=O) groups excluding carboxylic acids is 1. The highest BCUT2D eigenvalue weighted by Gasteiger charge is 2.47. The highest BCUT2D eigenvalue weighted by atomic mass is 16.7. The van der Waals surface area contributed by atoms with Gasteiger partial charge in [-0.25, -0.2) is 0 Å². The lowest BCUT2D eigenvalue weighted by Gasteiger charge is -2.42. The van der Waals surface area contributed by atoms with Crippen LogP contribution in [-0.4, -0.2) is 142 Å². The molecule has 0 saturated carbocycles. The number of ether oxygens (including phenoxy) is 6. The Kier molecular flexibility index (Phi) is 41.2. The second kappa shape index (κ2) is 44.3. The molecule has 14 heteroatoms. The van der Waals surface area contributed by atoms with Gasteiger partial charge in [-0.15, -0.1) is 0 Å². The summed E-state index contributed by atoms with van der Waals surface area (Å²) in [6, 6.07) is 0. The molecule has 2 aliphatic rings. The Morgan fingerprint density at radius 3 is 1.16 bits per heavy atom. The van der Waals surface area contributed by atoms with Crippen molar-refractivity contribution < 1.29 is 69.0 Å². The van der Waals surface area contributed by atoms with Crippen LogP contribution in [0, 0.1) is 0 Å². The zero-order valence-electron chi connectivity index (χ0n) is 44.5. The lowest BCUT2D eigenvalue weighted by atomic mass is 9.98. The first kappa shape index (κ1) is 65.1. The molecule has 70 heavy (non-hydrogen) atoms. The summed E-state index contributed by atoms with van der Waals surface area (Å²) in [5, 5.41) is 72.3. The van der Waals surface area contributed by atoms with Gasteiger partial charge in [-0.1, -0.05) is 232 Å². The minimum absolute atomic E-state index is 0.0706. The lowest BCUT2D eigenvalue weighted by molar-refractivity contribution is -0.332. The number of esters is 1. The standard InChI is InChI=1S/C56H108O14/c1-3-5-7-9-11-13-15-17-19-20-21-22-23-24-25-26-27-29-31-33-35-37-39-48(58)68-45(42-65-40-38-36-34-32-30-28-18-16-14-12-10-8-6-4-2)43-66-55-54(64)52(62)50(60)47(70-55)44-67-56-53(63)51(61)49(59)46(41-57)69-56/h45-47,49-57,59-64H,3-44H2,1-2H3. The summed E-state index contributed by atoms with van der Waals surface area (Å²) in [5.41, 5.74) is 0. The van der Waals surface area contributed by atoms with Crippen LogP contribution in [0.5, 0.6) is 0 Å². The maximum Gasteiger partial charge on any atom is 0.306 e. The summed E-state index contributed by atoms with van der Waals surface area (Å²) < 4.78 is 34.4. The van der Waals surface area contributed by atoms with Crippen LogP contribution in [0.4, 0.5) is 0 Å². The molecule has 11 atom stereocenters. The van der Waals surface area contributed by atoms with Gasteiger partial charge in [0.05, 0.1) is 26.4 Å². The molecular formula is C56H108O14. The molecular weight excluding hydrogens is 897 g/mol. The van der Waals surface area contributed by atoms with Gasteiger partial charge in [0, 0.05) is 13.0 Å². The van der Waals surface area contributed by atoms with Crippen molar-refractivity contribution in [3.8, 4) is 0 Å². The molecule has 0 radical (unpaired) electrons. The number of unbranched alkanes of at least 4 members (excludes halogenated alkanes) is 34. The molecule has 0 bridgehead atoms. The minimum atomic E-state index is -1.70. The minimum Gasteiger partial charge on any atom is -0.457 e. The summed E-state index contributed by atoms with van der Waals surface area (Å²) in [5.74, 6) is -0.367. The first-order valence-electron chi connectivity index (χ1n) is 29.1. The Hall–Kier alpha value is -1.01. The summed E-state index contributed by atoms with van der Waals surface area (Å²) in [6.45, 7) is 3.76. The number of rotatable bonds is 48. The van der Waals surface area contributed by atoms with Gasteiger partial charge in [0.1, 0.15) is 54.9 Å². The van der Waals surface area contributed by atoms with E-state index in [9.17, 15) is 40.5 Å². The molecule has 0 aromatic rings. The fourth-order valence-electron chi connectivity index (χ4n) is 9.64. The fourth-order valence-corrected chi connectivity index (χ4v) is 9.64. The molecule has 2 saturated heterocycles. The van der Waals surface area contributed by atoms with Crippen molar-refractivity contribution in [1.29, 1.82) is 0 Å². The highest BCUT2D eigenvalue weighted by molar-refractivity contribution is 5.69. The average molecular weight is 1010 g/mol. The van der Waals surface area contributed by atoms with Crippen LogP contribution < -0.4 is 0 Å². The first-order valence-corrected chi connectivity index (χ1v) is 29.1. The second-order valence-electron chi connectivity index (χ2n) is 20.8.